The van der Waals surface area contributed by atoms with E-state index in [0.29, 0.717) is 11.1 Å². The Morgan fingerprint density at radius 1 is 1.35 bits per heavy atom. The number of benzene rings is 1. The maximum Gasteiger partial charge on any atom is 0.246 e. The summed E-state index contributed by atoms with van der Waals surface area (Å²) in [6.07, 6.45) is 0. The molecule has 2 N–H and O–H groups in total. The first-order valence-corrected chi connectivity index (χ1v) is 8.72. The molecule has 8 heteroatoms. The fourth-order valence-corrected chi connectivity index (χ4v) is 5.04. The van der Waals surface area contributed by atoms with Gasteiger partial charge in [0.25, 0.3) is 0 Å². The van der Waals surface area contributed by atoms with Gasteiger partial charge in [0.1, 0.15) is 10.9 Å². The number of amides is 1. The van der Waals surface area contributed by atoms with Crippen LogP contribution in [0.5, 0.6) is 0 Å². The van der Waals surface area contributed by atoms with E-state index >= 15 is 0 Å². The zero-order valence-corrected chi connectivity index (χ0v) is 13.8. The SMILES string of the molecule is Cc1c(S(=O)(=O)N2CCOCC2C(N)=O)c2ccccc2n1C. The lowest BCUT2D eigenvalue weighted by Gasteiger charge is -2.32. The standard InChI is InChI=1S/C15H19N3O4S/c1-10-14(11-5-3-4-6-12(11)17(10)2)23(20,21)18-7-8-22-9-13(18)15(16)19/h3-6,13H,7-9H2,1-2H3,(H2,16,19). The first kappa shape index (κ1) is 16.0. The van der Waals surface area contributed by atoms with Gasteiger partial charge in [0.2, 0.25) is 15.9 Å². The quantitative estimate of drug-likeness (QED) is 0.875. The zero-order valence-electron chi connectivity index (χ0n) is 13.0. The average molecular weight is 337 g/mol. The summed E-state index contributed by atoms with van der Waals surface area (Å²) >= 11 is 0. The molecule has 124 valence electrons. The number of aromatic nitrogens is 1. The number of nitrogens with two attached hydrogens (primary N) is 1. The van der Waals surface area contributed by atoms with Gasteiger partial charge in [-0.2, -0.15) is 4.31 Å². The molecule has 0 spiro atoms. The number of hydrogen-bond donors (Lipinski definition) is 1. The van der Waals surface area contributed by atoms with Crippen LogP contribution in [0.2, 0.25) is 0 Å². The number of carbonyl (C=O) groups is 1. The van der Waals surface area contributed by atoms with E-state index < -0.39 is 22.0 Å². The Morgan fingerprint density at radius 3 is 2.74 bits per heavy atom. The number of rotatable bonds is 3. The molecule has 0 saturated carbocycles. The van der Waals surface area contributed by atoms with E-state index in [2.05, 4.69) is 0 Å². The van der Waals surface area contributed by atoms with E-state index in [4.69, 9.17) is 10.5 Å². The van der Waals surface area contributed by atoms with Crippen LogP contribution in [0.4, 0.5) is 0 Å². The number of para-hydroxylation sites is 1. The van der Waals surface area contributed by atoms with Gasteiger partial charge in [0.15, 0.2) is 0 Å². The molecule has 1 fully saturated rings. The van der Waals surface area contributed by atoms with Crippen molar-refractivity contribution in [1.29, 1.82) is 0 Å². The second-order valence-electron chi connectivity index (χ2n) is 5.60. The molecular weight excluding hydrogens is 318 g/mol. The van der Waals surface area contributed by atoms with Gasteiger partial charge in [-0.25, -0.2) is 8.42 Å². The lowest BCUT2D eigenvalue weighted by atomic mass is 10.2. The normalized spacial score (nSPS) is 20.0. The number of carbonyl (C=O) groups excluding carboxylic acids is 1. The first-order chi connectivity index (χ1) is 10.9. The summed E-state index contributed by atoms with van der Waals surface area (Å²) in [5, 5.41) is 0.641. The molecule has 2 aromatic rings. The molecule has 0 bridgehead atoms. The van der Waals surface area contributed by atoms with E-state index in [1.165, 1.54) is 0 Å². The lowest BCUT2D eigenvalue weighted by Crippen LogP contribution is -2.54. The van der Waals surface area contributed by atoms with E-state index in [0.717, 1.165) is 9.82 Å². The molecule has 0 radical (unpaired) electrons. The Bertz CT molecular complexity index is 872. The van der Waals surface area contributed by atoms with Gasteiger partial charge in [-0.15, -0.1) is 0 Å². The van der Waals surface area contributed by atoms with Crippen molar-refractivity contribution >= 4 is 26.8 Å². The number of hydrogen-bond acceptors (Lipinski definition) is 4. The number of nitrogens with zero attached hydrogens (tertiary/aromatic N) is 2. The second kappa shape index (κ2) is 5.63. The molecule has 1 unspecified atom stereocenters. The highest BCUT2D eigenvalue weighted by atomic mass is 32.2. The summed E-state index contributed by atoms with van der Waals surface area (Å²) in [4.78, 5) is 11.9. The smallest absolute Gasteiger partial charge is 0.246 e. The van der Waals surface area contributed by atoms with Crippen LogP contribution >= 0.6 is 0 Å². The van der Waals surface area contributed by atoms with Crippen LogP contribution in [0.3, 0.4) is 0 Å². The van der Waals surface area contributed by atoms with Crippen LogP contribution in [-0.4, -0.2) is 49.0 Å². The Hall–Kier alpha value is -1.90. The predicted molar refractivity (Wildman–Crippen MR) is 85.3 cm³/mol. The minimum atomic E-state index is -3.86. The number of primary amides is 1. The van der Waals surface area contributed by atoms with Crippen LogP contribution < -0.4 is 5.73 Å². The Labute approximate surface area is 134 Å². The van der Waals surface area contributed by atoms with Crippen molar-refractivity contribution < 1.29 is 17.9 Å². The van der Waals surface area contributed by atoms with E-state index in [-0.39, 0.29) is 24.7 Å². The summed E-state index contributed by atoms with van der Waals surface area (Å²) in [6, 6.07) is 6.32. The molecule has 1 atom stereocenters. The second-order valence-corrected chi connectivity index (χ2v) is 7.43. The molecule has 23 heavy (non-hydrogen) atoms. The minimum absolute atomic E-state index is 0.0155. The van der Waals surface area contributed by atoms with E-state index in [9.17, 15) is 13.2 Å². The Balaban J connectivity index is 2.20. The maximum atomic E-state index is 13.2. The van der Waals surface area contributed by atoms with Crippen molar-refractivity contribution in [1.82, 2.24) is 8.87 Å². The van der Waals surface area contributed by atoms with Gasteiger partial charge in [0.05, 0.1) is 13.2 Å². The molecule has 1 amide bonds. The third-order valence-electron chi connectivity index (χ3n) is 4.32. The van der Waals surface area contributed by atoms with Crippen molar-refractivity contribution in [3.05, 3.63) is 30.0 Å². The van der Waals surface area contributed by atoms with Gasteiger partial charge in [-0.1, -0.05) is 18.2 Å². The van der Waals surface area contributed by atoms with Gasteiger partial charge >= 0.3 is 0 Å². The first-order valence-electron chi connectivity index (χ1n) is 7.28. The Morgan fingerprint density at radius 2 is 2.04 bits per heavy atom. The molecule has 1 aliphatic rings. The molecule has 1 aliphatic heterocycles. The highest BCUT2D eigenvalue weighted by Gasteiger charge is 2.39. The third-order valence-corrected chi connectivity index (χ3v) is 6.40. The van der Waals surface area contributed by atoms with Crippen molar-refractivity contribution in [3.63, 3.8) is 0 Å². The van der Waals surface area contributed by atoms with Crippen molar-refractivity contribution in [2.75, 3.05) is 19.8 Å². The predicted octanol–water partition coefficient (Wildman–Crippen LogP) is 0.362. The van der Waals surface area contributed by atoms with Crippen LogP contribution in [0, 0.1) is 6.92 Å². The topological polar surface area (TPSA) is 94.6 Å². The molecule has 7 nitrogen and oxygen atoms in total. The third kappa shape index (κ3) is 2.43. The van der Waals surface area contributed by atoms with Gasteiger partial charge < -0.3 is 15.0 Å². The molecule has 1 saturated heterocycles. The monoisotopic (exact) mass is 337 g/mol. The minimum Gasteiger partial charge on any atom is -0.378 e. The van der Waals surface area contributed by atoms with Gasteiger partial charge in [-0.05, 0) is 13.0 Å². The van der Waals surface area contributed by atoms with Crippen LogP contribution in [0.25, 0.3) is 10.9 Å². The number of fused-ring (bicyclic) bond motifs is 1. The summed E-state index contributed by atoms with van der Waals surface area (Å²) in [5.74, 6) is -0.703. The highest BCUT2D eigenvalue weighted by Crippen LogP contribution is 2.32. The molecule has 0 aliphatic carbocycles. The summed E-state index contributed by atoms with van der Waals surface area (Å²) in [7, 11) is -2.04. The fourth-order valence-electron chi connectivity index (χ4n) is 3.03. The number of sulfonamides is 1. The van der Waals surface area contributed by atoms with Crippen molar-refractivity contribution in [2.24, 2.45) is 12.8 Å². The fraction of sp³-hybridized carbons (Fsp3) is 0.400. The summed E-state index contributed by atoms with van der Waals surface area (Å²) in [6.45, 7) is 2.09. The average Bonchev–Trinajstić information content (AvgIpc) is 2.79. The zero-order chi connectivity index (χ0) is 16.8. The van der Waals surface area contributed by atoms with Crippen LogP contribution in [0.1, 0.15) is 5.69 Å². The number of aryl methyl sites for hydroxylation is 1. The molecule has 1 aromatic heterocycles. The highest BCUT2D eigenvalue weighted by molar-refractivity contribution is 7.89. The van der Waals surface area contributed by atoms with Gasteiger partial charge in [0, 0.05) is 30.2 Å². The largest absolute Gasteiger partial charge is 0.378 e. The summed E-state index contributed by atoms with van der Waals surface area (Å²) < 4.78 is 34.6. The molecule has 3 rings (SSSR count). The van der Waals surface area contributed by atoms with Gasteiger partial charge in [-0.3, -0.25) is 4.79 Å². The molecular formula is C15H19N3O4S. The Kier molecular flexibility index (Phi) is 3.91. The number of ether oxygens (including phenoxy) is 1. The van der Waals surface area contributed by atoms with Crippen molar-refractivity contribution in [3.8, 4) is 0 Å². The van der Waals surface area contributed by atoms with E-state index in [1.54, 1.807) is 19.1 Å². The lowest BCUT2D eigenvalue weighted by molar-refractivity contribution is -0.125. The van der Waals surface area contributed by atoms with Crippen LogP contribution in [-0.2, 0) is 26.6 Å². The molecule has 2 heterocycles. The summed E-state index contributed by atoms with van der Waals surface area (Å²) in [5.41, 5.74) is 6.81. The maximum absolute atomic E-state index is 13.2. The van der Waals surface area contributed by atoms with Crippen molar-refractivity contribution in [2.45, 2.75) is 17.9 Å². The molecule has 1 aromatic carbocycles. The number of morpholine rings is 1. The van der Waals surface area contributed by atoms with Crippen LogP contribution in [0.15, 0.2) is 29.2 Å². The van der Waals surface area contributed by atoms with E-state index in [1.807, 2.05) is 23.7 Å².